The molecule has 3 aromatic rings. The highest BCUT2D eigenvalue weighted by atomic mass is 19.1. The van der Waals surface area contributed by atoms with Gasteiger partial charge in [-0.25, -0.2) is 14.1 Å². The minimum absolute atomic E-state index is 0.272. The van der Waals surface area contributed by atoms with E-state index < -0.39 is 0 Å². The van der Waals surface area contributed by atoms with Crippen LogP contribution in [0.15, 0.2) is 53.8 Å². The Morgan fingerprint density at radius 1 is 1.15 bits per heavy atom. The van der Waals surface area contributed by atoms with E-state index in [1.165, 1.54) is 16.8 Å². The summed E-state index contributed by atoms with van der Waals surface area (Å²) in [5, 5.41) is 4.30. The first-order valence-corrected chi connectivity index (χ1v) is 8.55. The predicted octanol–water partition coefficient (Wildman–Crippen LogP) is 3.77. The number of nitrogen functional groups attached to an aromatic ring is 1. The number of anilines is 1. The quantitative estimate of drug-likeness (QED) is 0.644. The van der Waals surface area contributed by atoms with Crippen LogP contribution in [0.3, 0.4) is 0 Å². The summed E-state index contributed by atoms with van der Waals surface area (Å²) in [6, 6.07) is 11.7. The second-order valence-electron chi connectivity index (χ2n) is 5.88. The van der Waals surface area contributed by atoms with E-state index in [0.717, 1.165) is 16.8 Å². The Bertz CT molecular complexity index is 936. The number of aryl methyl sites for hydroxylation is 1. The molecule has 0 amide bonds. The molecule has 0 atom stereocenters. The van der Waals surface area contributed by atoms with Gasteiger partial charge >= 0.3 is 0 Å². The third-order valence-electron chi connectivity index (χ3n) is 3.74. The van der Waals surface area contributed by atoms with Gasteiger partial charge in [0.2, 0.25) is 5.95 Å². The number of ether oxygens (including phenoxy) is 2. The third-order valence-corrected chi connectivity index (χ3v) is 3.74. The minimum atomic E-state index is -0.272. The van der Waals surface area contributed by atoms with Crippen LogP contribution >= 0.6 is 0 Å². The summed E-state index contributed by atoms with van der Waals surface area (Å²) in [6.45, 7) is 4.57. The molecule has 0 fully saturated rings. The summed E-state index contributed by atoms with van der Waals surface area (Å²) in [5.41, 5.74) is 8.28. The fraction of sp³-hybridized carbons (Fsp3) is 0.200. The van der Waals surface area contributed by atoms with Crippen LogP contribution in [-0.4, -0.2) is 22.5 Å². The van der Waals surface area contributed by atoms with Crippen LogP contribution < -0.4 is 15.2 Å². The normalized spacial score (nSPS) is 11.1. The molecule has 1 heterocycles. The summed E-state index contributed by atoms with van der Waals surface area (Å²) in [4.78, 5) is 4.10. The first-order valence-electron chi connectivity index (χ1n) is 8.55. The second kappa shape index (κ2) is 8.35. The third kappa shape index (κ3) is 4.84. The Kier molecular flexibility index (Phi) is 5.71. The van der Waals surface area contributed by atoms with Gasteiger partial charge in [0.15, 0.2) is 11.5 Å². The van der Waals surface area contributed by atoms with Gasteiger partial charge in [0.25, 0.3) is 0 Å². The van der Waals surface area contributed by atoms with Gasteiger partial charge in [-0.15, -0.1) is 0 Å². The first-order chi connectivity index (χ1) is 13.0. The Labute approximate surface area is 157 Å². The fourth-order valence-corrected chi connectivity index (χ4v) is 2.46. The monoisotopic (exact) mass is 368 g/mol. The molecule has 0 aliphatic rings. The standard InChI is InChI=1S/C20H21FN4O2/c1-3-26-19-10-16(11-23-25-12-14(2)24-20(25)22)6-9-18(19)27-13-15-4-7-17(21)8-5-15/h4-12H,3,13H2,1-2H3,(H2,22,24). The summed E-state index contributed by atoms with van der Waals surface area (Å²) >= 11 is 0. The maximum atomic E-state index is 13.0. The fourth-order valence-electron chi connectivity index (χ4n) is 2.46. The number of nitrogens with two attached hydrogens (primary N) is 1. The van der Waals surface area contributed by atoms with Crippen molar-refractivity contribution in [1.29, 1.82) is 0 Å². The van der Waals surface area contributed by atoms with Crippen LogP contribution in [0.4, 0.5) is 10.3 Å². The Balaban J connectivity index is 1.75. The van der Waals surface area contributed by atoms with Crippen molar-refractivity contribution in [3.63, 3.8) is 0 Å². The van der Waals surface area contributed by atoms with Crippen molar-refractivity contribution in [2.24, 2.45) is 5.10 Å². The maximum absolute atomic E-state index is 13.0. The molecule has 7 heteroatoms. The topological polar surface area (TPSA) is 74.7 Å². The molecule has 2 aromatic carbocycles. The van der Waals surface area contributed by atoms with Crippen molar-refractivity contribution in [3.05, 3.63) is 71.3 Å². The molecule has 0 unspecified atom stereocenters. The minimum Gasteiger partial charge on any atom is -0.490 e. The van der Waals surface area contributed by atoms with Crippen LogP contribution in [0.1, 0.15) is 23.7 Å². The van der Waals surface area contributed by atoms with Gasteiger partial charge < -0.3 is 15.2 Å². The molecular formula is C20H21FN4O2. The van der Waals surface area contributed by atoms with E-state index in [-0.39, 0.29) is 5.82 Å². The maximum Gasteiger partial charge on any atom is 0.221 e. The molecule has 0 aliphatic heterocycles. The van der Waals surface area contributed by atoms with Gasteiger partial charge in [-0.05, 0) is 55.3 Å². The molecule has 0 aliphatic carbocycles. The van der Waals surface area contributed by atoms with E-state index in [0.29, 0.717) is 30.7 Å². The van der Waals surface area contributed by atoms with Gasteiger partial charge in [-0.3, -0.25) is 0 Å². The Morgan fingerprint density at radius 3 is 2.59 bits per heavy atom. The van der Waals surface area contributed by atoms with E-state index >= 15 is 0 Å². The molecular weight excluding hydrogens is 347 g/mol. The number of nitrogens with zero attached hydrogens (tertiary/aromatic N) is 3. The number of halogens is 1. The van der Waals surface area contributed by atoms with Gasteiger partial charge in [0.05, 0.1) is 24.7 Å². The largest absolute Gasteiger partial charge is 0.490 e. The SMILES string of the molecule is CCOc1cc(C=Nn2cc(C)nc2N)ccc1OCc1ccc(F)cc1. The zero-order valence-corrected chi connectivity index (χ0v) is 15.2. The van der Waals surface area contributed by atoms with Crippen LogP contribution in [0.5, 0.6) is 11.5 Å². The summed E-state index contributed by atoms with van der Waals surface area (Å²) in [6.07, 6.45) is 3.42. The van der Waals surface area contributed by atoms with Gasteiger partial charge in [-0.2, -0.15) is 5.10 Å². The highest BCUT2D eigenvalue weighted by Gasteiger charge is 2.07. The number of aromatic nitrogens is 2. The average Bonchev–Trinajstić information content (AvgIpc) is 2.98. The van der Waals surface area contributed by atoms with Crippen molar-refractivity contribution in [1.82, 2.24) is 9.66 Å². The number of hydrogen-bond donors (Lipinski definition) is 1. The van der Waals surface area contributed by atoms with Crippen molar-refractivity contribution in [2.75, 3.05) is 12.3 Å². The molecule has 0 bridgehead atoms. The lowest BCUT2D eigenvalue weighted by Crippen LogP contribution is -2.01. The van der Waals surface area contributed by atoms with Crippen LogP contribution in [-0.2, 0) is 6.61 Å². The first kappa shape index (κ1) is 18.4. The van der Waals surface area contributed by atoms with E-state index in [1.807, 2.05) is 32.0 Å². The van der Waals surface area contributed by atoms with E-state index in [2.05, 4.69) is 10.1 Å². The molecule has 1 aromatic heterocycles. The lowest BCUT2D eigenvalue weighted by Gasteiger charge is -2.12. The highest BCUT2D eigenvalue weighted by Crippen LogP contribution is 2.29. The molecule has 2 N–H and O–H groups in total. The van der Waals surface area contributed by atoms with Crippen molar-refractivity contribution in [2.45, 2.75) is 20.5 Å². The molecule has 0 spiro atoms. The van der Waals surface area contributed by atoms with Crippen molar-refractivity contribution < 1.29 is 13.9 Å². The molecule has 27 heavy (non-hydrogen) atoms. The van der Waals surface area contributed by atoms with E-state index in [4.69, 9.17) is 15.2 Å². The highest BCUT2D eigenvalue weighted by molar-refractivity contribution is 5.81. The number of imidazole rings is 1. The number of hydrogen-bond acceptors (Lipinski definition) is 5. The zero-order chi connectivity index (χ0) is 19.2. The van der Waals surface area contributed by atoms with Gasteiger partial charge in [0.1, 0.15) is 12.4 Å². The lowest BCUT2D eigenvalue weighted by atomic mass is 10.2. The molecule has 0 saturated carbocycles. The van der Waals surface area contributed by atoms with E-state index in [1.54, 1.807) is 24.5 Å². The number of benzene rings is 2. The Morgan fingerprint density at radius 2 is 1.93 bits per heavy atom. The molecule has 0 saturated heterocycles. The molecule has 140 valence electrons. The number of rotatable bonds is 7. The molecule has 0 radical (unpaired) electrons. The van der Waals surface area contributed by atoms with Crippen molar-refractivity contribution in [3.8, 4) is 11.5 Å². The summed E-state index contributed by atoms with van der Waals surface area (Å²) < 4.78 is 26.0. The zero-order valence-electron chi connectivity index (χ0n) is 15.2. The molecule has 3 rings (SSSR count). The van der Waals surface area contributed by atoms with Crippen molar-refractivity contribution >= 4 is 12.2 Å². The second-order valence-corrected chi connectivity index (χ2v) is 5.88. The van der Waals surface area contributed by atoms with Crippen LogP contribution in [0.25, 0.3) is 0 Å². The average molecular weight is 368 g/mol. The smallest absolute Gasteiger partial charge is 0.221 e. The lowest BCUT2D eigenvalue weighted by molar-refractivity contribution is 0.269. The predicted molar refractivity (Wildman–Crippen MR) is 103 cm³/mol. The Hall–Kier alpha value is -3.35. The van der Waals surface area contributed by atoms with Gasteiger partial charge in [-0.1, -0.05) is 12.1 Å². The summed E-state index contributed by atoms with van der Waals surface area (Å²) in [7, 11) is 0. The van der Waals surface area contributed by atoms with Crippen LogP contribution in [0.2, 0.25) is 0 Å². The van der Waals surface area contributed by atoms with Gasteiger partial charge in [0, 0.05) is 0 Å². The van der Waals surface area contributed by atoms with Crippen LogP contribution in [0, 0.1) is 12.7 Å². The summed E-state index contributed by atoms with van der Waals surface area (Å²) in [5.74, 6) is 1.27. The van der Waals surface area contributed by atoms with E-state index in [9.17, 15) is 4.39 Å². The molecule has 6 nitrogen and oxygen atoms in total.